The van der Waals surface area contributed by atoms with E-state index in [-0.39, 0.29) is 24.7 Å². The van der Waals surface area contributed by atoms with E-state index < -0.39 is 0 Å². The van der Waals surface area contributed by atoms with Gasteiger partial charge in [0.15, 0.2) is 0 Å². The van der Waals surface area contributed by atoms with Crippen molar-refractivity contribution < 1.29 is 9.59 Å². The molecule has 2 N–H and O–H groups in total. The van der Waals surface area contributed by atoms with Gasteiger partial charge in [0, 0.05) is 12.8 Å². The average molecular weight is 344 g/mol. The molecule has 0 fully saturated rings. The molecule has 0 aliphatic rings. The standard InChI is InChI=1S/C18H18ClN3O2/c1-13-5-4-6-14(11-13)12-20-22-18(24)10-9-17(23)21-16-8-3-2-7-15(16)19/h2-8,11-12H,9-10H2,1H3,(H,21,23)(H,22,24). The van der Waals surface area contributed by atoms with E-state index in [4.69, 9.17) is 11.6 Å². The third-order valence-electron chi connectivity index (χ3n) is 3.17. The van der Waals surface area contributed by atoms with Crippen LogP contribution in [-0.4, -0.2) is 18.0 Å². The third kappa shape index (κ3) is 5.85. The fraction of sp³-hybridized carbons (Fsp3) is 0.167. The molecule has 0 aromatic heterocycles. The van der Waals surface area contributed by atoms with Crippen LogP contribution in [0.4, 0.5) is 5.69 Å². The molecule has 124 valence electrons. The Kier molecular flexibility index (Phi) is 6.51. The summed E-state index contributed by atoms with van der Waals surface area (Å²) in [4.78, 5) is 23.5. The van der Waals surface area contributed by atoms with Crippen LogP contribution in [0, 0.1) is 6.92 Å². The van der Waals surface area contributed by atoms with E-state index in [2.05, 4.69) is 15.8 Å². The fourth-order valence-electron chi connectivity index (χ4n) is 1.99. The summed E-state index contributed by atoms with van der Waals surface area (Å²) >= 11 is 5.96. The number of hydrazone groups is 1. The summed E-state index contributed by atoms with van der Waals surface area (Å²) in [5, 5.41) is 7.00. The number of benzene rings is 2. The van der Waals surface area contributed by atoms with E-state index in [1.165, 1.54) is 0 Å². The van der Waals surface area contributed by atoms with Crippen molar-refractivity contribution >= 4 is 35.3 Å². The first kappa shape index (κ1) is 17.7. The maximum atomic E-state index is 11.8. The van der Waals surface area contributed by atoms with Gasteiger partial charge in [0.2, 0.25) is 11.8 Å². The van der Waals surface area contributed by atoms with Gasteiger partial charge in [-0.1, -0.05) is 53.6 Å². The Morgan fingerprint density at radius 3 is 2.58 bits per heavy atom. The summed E-state index contributed by atoms with van der Waals surface area (Å²) in [7, 11) is 0. The summed E-state index contributed by atoms with van der Waals surface area (Å²) in [5.41, 5.74) is 4.94. The molecule has 2 aromatic rings. The highest BCUT2D eigenvalue weighted by Gasteiger charge is 2.08. The van der Waals surface area contributed by atoms with E-state index in [1.807, 2.05) is 31.2 Å². The normalized spacial score (nSPS) is 10.6. The highest BCUT2D eigenvalue weighted by atomic mass is 35.5. The number of amides is 2. The lowest BCUT2D eigenvalue weighted by Crippen LogP contribution is -2.20. The molecule has 2 aromatic carbocycles. The molecular weight excluding hydrogens is 326 g/mol. The first-order valence-electron chi connectivity index (χ1n) is 7.47. The van der Waals surface area contributed by atoms with Crippen LogP contribution >= 0.6 is 11.6 Å². The lowest BCUT2D eigenvalue weighted by atomic mass is 10.2. The lowest BCUT2D eigenvalue weighted by molar-refractivity contribution is -0.124. The average Bonchev–Trinajstić information content (AvgIpc) is 2.55. The maximum absolute atomic E-state index is 11.8. The molecule has 0 unspecified atom stereocenters. The molecule has 0 atom stereocenters. The summed E-state index contributed by atoms with van der Waals surface area (Å²) in [6, 6.07) is 14.7. The number of aryl methyl sites for hydroxylation is 1. The zero-order valence-corrected chi connectivity index (χ0v) is 14.0. The molecule has 0 aliphatic heterocycles. The van der Waals surface area contributed by atoms with Gasteiger partial charge >= 0.3 is 0 Å². The van der Waals surface area contributed by atoms with Gasteiger partial charge in [-0.25, -0.2) is 5.43 Å². The van der Waals surface area contributed by atoms with E-state index in [1.54, 1.807) is 30.5 Å². The molecule has 5 nitrogen and oxygen atoms in total. The molecule has 0 aliphatic carbocycles. The Morgan fingerprint density at radius 1 is 1.08 bits per heavy atom. The monoisotopic (exact) mass is 343 g/mol. The van der Waals surface area contributed by atoms with Crippen molar-refractivity contribution in [3.8, 4) is 0 Å². The molecule has 24 heavy (non-hydrogen) atoms. The minimum atomic E-state index is -0.326. The van der Waals surface area contributed by atoms with Crippen LogP contribution in [0.25, 0.3) is 0 Å². The largest absolute Gasteiger partial charge is 0.325 e. The second-order valence-corrected chi connectivity index (χ2v) is 5.64. The van der Waals surface area contributed by atoms with Crippen LogP contribution in [0.5, 0.6) is 0 Å². The van der Waals surface area contributed by atoms with Crippen LogP contribution in [-0.2, 0) is 9.59 Å². The molecule has 6 heteroatoms. The molecule has 2 rings (SSSR count). The highest BCUT2D eigenvalue weighted by Crippen LogP contribution is 2.20. The first-order valence-corrected chi connectivity index (χ1v) is 7.85. The topological polar surface area (TPSA) is 70.6 Å². The number of carbonyl (C=O) groups is 2. The Balaban J connectivity index is 1.75. The summed E-state index contributed by atoms with van der Waals surface area (Å²) in [6.45, 7) is 1.98. The quantitative estimate of drug-likeness (QED) is 0.622. The number of anilines is 1. The molecule has 2 amide bonds. The van der Waals surface area contributed by atoms with E-state index in [0.717, 1.165) is 11.1 Å². The van der Waals surface area contributed by atoms with Gasteiger partial charge < -0.3 is 5.32 Å². The van der Waals surface area contributed by atoms with E-state index >= 15 is 0 Å². The number of nitrogens with one attached hydrogen (secondary N) is 2. The van der Waals surface area contributed by atoms with Crippen LogP contribution in [0.3, 0.4) is 0 Å². The van der Waals surface area contributed by atoms with Crippen molar-refractivity contribution in [1.29, 1.82) is 0 Å². The number of hydrogen-bond donors (Lipinski definition) is 2. The maximum Gasteiger partial charge on any atom is 0.240 e. The molecule has 0 spiro atoms. The van der Waals surface area contributed by atoms with Crippen molar-refractivity contribution in [2.45, 2.75) is 19.8 Å². The molecular formula is C18H18ClN3O2. The van der Waals surface area contributed by atoms with Gasteiger partial charge in [0.1, 0.15) is 0 Å². The first-order chi connectivity index (χ1) is 11.5. The number of para-hydroxylation sites is 1. The van der Waals surface area contributed by atoms with Crippen LogP contribution in [0.1, 0.15) is 24.0 Å². The van der Waals surface area contributed by atoms with Gasteiger partial charge in [0.05, 0.1) is 16.9 Å². The Hall–Kier alpha value is -2.66. The Morgan fingerprint density at radius 2 is 1.83 bits per heavy atom. The van der Waals surface area contributed by atoms with Crippen molar-refractivity contribution in [3.63, 3.8) is 0 Å². The molecule has 0 saturated carbocycles. The van der Waals surface area contributed by atoms with Gasteiger partial charge in [-0.2, -0.15) is 5.10 Å². The lowest BCUT2D eigenvalue weighted by Gasteiger charge is -2.06. The van der Waals surface area contributed by atoms with E-state index in [0.29, 0.717) is 10.7 Å². The zero-order valence-electron chi connectivity index (χ0n) is 13.3. The number of nitrogens with zero attached hydrogens (tertiary/aromatic N) is 1. The fourth-order valence-corrected chi connectivity index (χ4v) is 2.17. The summed E-state index contributed by atoms with van der Waals surface area (Å²) < 4.78 is 0. The van der Waals surface area contributed by atoms with Crippen LogP contribution in [0.2, 0.25) is 5.02 Å². The predicted octanol–water partition coefficient (Wildman–Crippen LogP) is 3.52. The zero-order chi connectivity index (χ0) is 17.4. The molecule has 0 saturated heterocycles. The second kappa shape index (κ2) is 8.84. The minimum absolute atomic E-state index is 0.0431. The van der Waals surface area contributed by atoms with Crippen molar-refractivity contribution in [3.05, 3.63) is 64.7 Å². The number of hydrogen-bond acceptors (Lipinski definition) is 3. The second-order valence-electron chi connectivity index (χ2n) is 5.24. The number of carbonyl (C=O) groups excluding carboxylic acids is 2. The van der Waals surface area contributed by atoms with Gasteiger partial charge in [0.25, 0.3) is 0 Å². The SMILES string of the molecule is Cc1cccc(C=NNC(=O)CCC(=O)Nc2ccccc2Cl)c1. The Labute approximate surface area is 145 Å². The molecule has 0 bridgehead atoms. The number of rotatable bonds is 6. The van der Waals surface area contributed by atoms with Crippen molar-refractivity contribution in [1.82, 2.24) is 5.43 Å². The van der Waals surface area contributed by atoms with E-state index in [9.17, 15) is 9.59 Å². The van der Waals surface area contributed by atoms with Crippen LogP contribution < -0.4 is 10.7 Å². The molecule has 0 radical (unpaired) electrons. The minimum Gasteiger partial charge on any atom is -0.325 e. The predicted molar refractivity (Wildman–Crippen MR) is 96.2 cm³/mol. The van der Waals surface area contributed by atoms with Crippen molar-refractivity contribution in [2.24, 2.45) is 5.10 Å². The highest BCUT2D eigenvalue weighted by molar-refractivity contribution is 6.33. The third-order valence-corrected chi connectivity index (χ3v) is 3.50. The van der Waals surface area contributed by atoms with Gasteiger partial charge in [-0.3, -0.25) is 9.59 Å². The van der Waals surface area contributed by atoms with Crippen molar-refractivity contribution in [2.75, 3.05) is 5.32 Å². The smallest absolute Gasteiger partial charge is 0.240 e. The number of halogens is 1. The van der Waals surface area contributed by atoms with Gasteiger partial charge in [-0.05, 0) is 24.6 Å². The molecule has 0 heterocycles. The van der Waals surface area contributed by atoms with Gasteiger partial charge in [-0.15, -0.1) is 0 Å². The Bertz CT molecular complexity index is 759. The van der Waals surface area contributed by atoms with Crippen LogP contribution in [0.15, 0.2) is 53.6 Å². The summed E-state index contributed by atoms with van der Waals surface area (Å²) in [6.07, 6.45) is 1.66. The summed E-state index contributed by atoms with van der Waals surface area (Å²) in [5.74, 6) is -0.603.